The number of benzene rings is 1. The Morgan fingerprint density at radius 3 is 3.10 bits per heavy atom. The fraction of sp³-hybridized carbons (Fsp3) is 0.562. The molecule has 1 aromatic carbocycles. The summed E-state index contributed by atoms with van der Waals surface area (Å²) in [7, 11) is 0. The van der Waals surface area contributed by atoms with Gasteiger partial charge < -0.3 is 14.8 Å². The highest BCUT2D eigenvalue weighted by Crippen LogP contribution is 2.12. The summed E-state index contributed by atoms with van der Waals surface area (Å²) in [5.41, 5.74) is 0.882. The molecule has 1 heterocycles. The highest BCUT2D eigenvalue weighted by atomic mass is 19.1. The lowest BCUT2D eigenvalue weighted by Gasteiger charge is -2.10. The lowest BCUT2D eigenvalue weighted by atomic mass is 10.1. The van der Waals surface area contributed by atoms with Crippen molar-refractivity contribution in [2.45, 2.75) is 32.3 Å². The molecule has 4 nitrogen and oxygen atoms in total. The molecule has 0 aromatic heterocycles. The molecule has 21 heavy (non-hydrogen) atoms. The van der Waals surface area contributed by atoms with Crippen molar-refractivity contribution in [2.75, 3.05) is 26.4 Å². The molecular weight excluding hydrogens is 273 g/mol. The molecule has 1 aliphatic rings. The molecule has 0 saturated carbocycles. The first-order valence-electron chi connectivity index (χ1n) is 7.40. The summed E-state index contributed by atoms with van der Waals surface area (Å²) in [6.45, 7) is 4.22. The predicted octanol–water partition coefficient (Wildman–Crippen LogP) is 2.45. The van der Waals surface area contributed by atoms with E-state index in [2.05, 4.69) is 5.32 Å². The van der Waals surface area contributed by atoms with Gasteiger partial charge in [-0.1, -0.05) is 6.07 Å². The third-order valence-corrected chi connectivity index (χ3v) is 3.51. The van der Waals surface area contributed by atoms with Crippen molar-refractivity contribution >= 4 is 5.91 Å². The quantitative estimate of drug-likeness (QED) is 0.786. The first kappa shape index (κ1) is 15.9. The van der Waals surface area contributed by atoms with E-state index < -0.39 is 0 Å². The molecule has 0 spiro atoms. The largest absolute Gasteiger partial charge is 0.379 e. The summed E-state index contributed by atoms with van der Waals surface area (Å²) in [6, 6.07) is 4.50. The Morgan fingerprint density at radius 2 is 2.38 bits per heavy atom. The van der Waals surface area contributed by atoms with Crippen LogP contribution in [0.5, 0.6) is 0 Å². The van der Waals surface area contributed by atoms with Crippen LogP contribution in [0.1, 0.15) is 35.2 Å². The average molecular weight is 295 g/mol. The second-order valence-electron chi connectivity index (χ2n) is 5.28. The van der Waals surface area contributed by atoms with E-state index in [-0.39, 0.29) is 17.8 Å². The molecule has 5 heteroatoms. The fourth-order valence-electron chi connectivity index (χ4n) is 2.20. The van der Waals surface area contributed by atoms with Crippen LogP contribution in [0.25, 0.3) is 0 Å². The number of carbonyl (C=O) groups excluding carboxylic acids is 1. The first-order valence-corrected chi connectivity index (χ1v) is 7.40. The number of hydrogen-bond acceptors (Lipinski definition) is 3. The number of nitrogens with one attached hydrogen (secondary N) is 1. The van der Waals surface area contributed by atoms with Gasteiger partial charge in [-0.05, 0) is 43.9 Å². The van der Waals surface area contributed by atoms with E-state index in [0.29, 0.717) is 30.9 Å². The molecule has 1 aromatic rings. The molecule has 2 rings (SSSR count). The van der Waals surface area contributed by atoms with Crippen molar-refractivity contribution in [3.05, 3.63) is 35.1 Å². The van der Waals surface area contributed by atoms with Crippen LogP contribution < -0.4 is 5.32 Å². The molecule has 0 bridgehead atoms. The van der Waals surface area contributed by atoms with Crippen molar-refractivity contribution < 1.29 is 18.7 Å². The second kappa shape index (κ2) is 8.10. The van der Waals surface area contributed by atoms with Crippen molar-refractivity contribution in [1.82, 2.24) is 5.32 Å². The Kier molecular flexibility index (Phi) is 6.14. The van der Waals surface area contributed by atoms with Gasteiger partial charge in [0.1, 0.15) is 5.82 Å². The number of rotatable bonds is 7. The monoisotopic (exact) mass is 295 g/mol. The molecule has 1 N–H and O–H groups in total. The van der Waals surface area contributed by atoms with Crippen LogP contribution in [-0.2, 0) is 9.47 Å². The van der Waals surface area contributed by atoms with Gasteiger partial charge in [-0.15, -0.1) is 0 Å². The molecule has 1 aliphatic heterocycles. The SMILES string of the molecule is Cc1ccc(C(=O)NCCCOCC2CCCO2)cc1F. The molecule has 1 amide bonds. The number of carbonyl (C=O) groups is 1. The van der Waals surface area contributed by atoms with Gasteiger partial charge in [-0.2, -0.15) is 0 Å². The summed E-state index contributed by atoms with van der Waals surface area (Å²) in [6.07, 6.45) is 3.13. The zero-order valence-corrected chi connectivity index (χ0v) is 12.4. The smallest absolute Gasteiger partial charge is 0.251 e. The summed E-state index contributed by atoms with van der Waals surface area (Å²) in [4.78, 5) is 11.8. The number of hydrogen-bond donors (Lipinski definition) is 1. The molecule has 0 aliphatic carbocycles. The maximum Gasteiger partial charge on any atom is 0.251 e. The maximum atomic E-state index is 13.4. The third-order valence-electron chi connectivity index (χ3n) is 3.51. The van der Waals surface area contributed by atoms with Crippen LogP contribution in [0.4, 0.5) is 4.39 Å². The molecule has 116 valence electrons. The van der Waals surface area contributed by atoms with Gasteiger partial charge in [-0.25, -0.2) is 4.39 Å². The van der Waals surface area contributed by atoms with Crippen molar-refractivity contribution in [3.63, 3.8) is 0 Å². The minimum absolute atomic E-state index is 0.232. The Balaban J connectivity index is 1.59. The Hall–Kier alpha value is -1.46. The lowest BCUT2D eigenvalue weighted by Crippen LogP contribution is -2.25. The zero-order valence-electron chi connectivity index (χ0n) is 12.4. The number of ether oxygens (including phenoxy) is 2. The van der Waals surface area contributed by atoms with Crippen LogP contribution in [-0.4, -0.2) is 38.4 Å². The topological polar surface area (TPSA) is 47.6 Å². The van der Waals surface area contributed by atoms with Gasteiger partial charge in [0.05, 0.1) is 12.7 Å². The minimum Gasteiger partial charge on any atom is -0.379 e. The summed E-state index contributed by atoms with van der Waals surface area (Å²) in [5, 5.41) is 2.76. The van der Waals surface area contributed by atoms with E-state index in [1.807, 2.05) is 0 Å². The third kappa shape index (κ3) is 5.10. The van der Waals surface area contributed by atoms with Crippen LogP contribution in [0.2, 0.25) is 0 Å². The second-order valence-corrected chi connectivity index (χ2v) is 5.28. The summed E-state index contributed by atoms with van der Waals surface area (Å²) < 4.78 is 24.3. The number of halogens is 1. The molecule has 1 fully saturated rings. The number of aryl methyl sites for hydroxylation is 1. The van der Waals surface area contributed by atoms with Gasteiger partial charge in [0.2, 0.25) is 0 Å². The normalized spacial score (nSPS) is 17.9. The first-order chi connectivity index (χ1) is 10.2. The maximum absolute atomic E-state index is 13.4. The van der Waals surface area contributed by atoms with E-state index in [1.165, 1.54) is 6.07 Å². The molecule has 1 unspecified atom stereocenters. The Bertz CT molecular complexity index is 473. The Morgan fingerprint density at radius 1 is 1.52 bits per heavy atom. The van der Waals surface area contributed by atoms with E-state index in [1.54, 1.807) is 19.1 Å². The predicted molar refractivity (Wildman–Crippen MR) is 77.9 cm³/mol. The van der Waals surface area contributed by atoms with Crippen molar-refractivity contribution in [2.24, 2.45) is 0 Å². The van der Waals surface area contributed by atoms with Crippen molar-refractivity contribution in [1.29, 1.82) is 0 Å². The van der Waals surface area contributed by atoms with E-state index in [9.17, 15) is 9.18 Å². The zero-order chi connectivity index (χ0) is 15.1. The lowest BCUT2D eigenvalue weighted by molar-refractivity contribution is 0.0166. The highest BCUT2D eigenvalue weighted by molar-refractivity contribution is 5.94. The van der Waals surface area contributed by atoms with Gasteiger partial charge >= 0.3 is 0 Å². The summed E-state index contributed by atoms with van der Waals surface area (Å²) in [5.74, 6) is -0.615. The summed E-state index contributed by atoms with van der Waals surface area (Å²) >= 11 is 0. The van der Waals surface area contributed by atoms with E-state index in [0.717, 1.165) is 25.9 Å². The number of amides is 1. The van der Waals surface area contributed by atoms with Gasteiger partial charge in [-0.3, -0.25) is 4.79 Å². The minimum atomic E-state index is -0.359. The van der Waals surface area contributed by atoms with Gasteiger partial charge in [0.15, 0.2) is 0 Å². The van der Waals surface area contributed by atoms with Gasteiger partial charge in [0.25, 0.3) is 5.91 Å². The van der Waals surface area contributed by atoms with Crippen LogP contribution in [0.15, 0.2) is 18.2 Å². The van der Waals surface area contributed by atoms with Crippen LogP contribution in [0.3, 0.4) is 0 Å². The Labute approximate surface area is 124 Å². The molecule has 1 atom stereocenters. The fourth-order valence-corrected chi connectivity index (χ4v) is 2.20. The van der Waals surface area contributed by atoms with Crippen molar-refractivity contribution in [3.8, 4) is 0 Å². The van der Waals surface area contributed by atoms with Gasteiger partial charge in [0, 0.05) is 25.3 Å². The molecule has 0 radical (unpaired) electrons. The highest BCUT2D eigenvalue weighted by Gasteiger charge is 2.15. The van der Waals surface area contributed by atoms with E-state index in [4.69, 9.17) is 9.47 Å². The standard InChI is InChI=1S/C16H22FNO3/c1-12-5-6-13(10-15(12)17)16(19)18-7-3-8-20-11-14-4-2-9-21-14/h5-6,10,14H,2-4,7-9,11H2,1H3,(H,18,19). The average Bonchev–Trinajstić information content (AvgIpc) is 2.98. The van der Waals surface area contributed by atoms with Crippen LogP contribution in [0, 0.1) is 12.7 Å². The molecular formula is C16H22FNO3. The molecule has 1 saturated heterocycles. The van der Waals surface area contributed by atoms with E-state index >= 15 is 0 Å². The van der Waals surface area contributed by atoms with Crippen LogP contribution >= 0.6 is 0 Å².